The molecule has 1 unspecified atom stereocenters. The first-order chi connectivity index (χ1) is 8.29. The lowest BCUT2D eigenvalue weighted by Gasteiger charge is -2.34. The number of rotatable bonds is 5. The second-order valence-electron chi connectivity index (χ2n) is 5.53. The van der Waals surface area contributed by atoms with Gasteiger partial charge in [-0.25, -0.2) is 0 Å². The molecule has 1 aliphatic carbocycles. The van der Waals surface area contributed by atoms with Gasteiger partial charge < -0.3 is 9.80 Å². The van der Waals surface area contributed by atoms with E-state index in [2.05, 4.69) is 16.7 Å². The molecule has 1 aliphatic heterocycles. The summed E-state index contributed by atoms with van der Waals surface area (Å²) in [7, 11) is 0. The van der Waals surface area contributed by atoms with Crippen LogP contribution in [-0.2, 0) is 4.79 Å². The molecule has 0 radical (unpaired) electrons. The quantitative estimate of drug-likeness (QED) is 0.729. The Hall–Kier alpha value is -0.410. The zero-order chi connectivity index (χ0) is 12.1. The number of carbonyl (C=O) groups is 1. The molecule has 1 atom stereocenters. The van der Waals surface area contributed by atoms with Gasteiger partial charge in [0.1, 0.15) is 5.78 Å². The molecule has 1 heterocycles. The molecule has 3 heteroatoms. The number of Topliss-reactive ketones (excluding diaryl/α,β-unsaturated/α-hetero) is 1. The molecule has 0 aromatic heterocycles. The van der Waals surface area contributed by atoms with E-state index in [1.54, 1.807) is 0 Å². The smallest absolute Gasteiger partial charge is 0.136 e. The summed E-state index contributed by atoms with van der Waals surface area (Å²) >= 11 is 0. The van der Waals surface area contributed by atoms with Crippen molar-refractivity contribution >= 4 is 5.78 Å². The summed E-state index contributed by atoms with van der Waals surface area (Å²) in [4.78, 5) is 16.6. The molecule has 0 bridgehead atoms. The summed E-state index contributed by atoms with van der Waals surface area (Å²) in [5.41, 5.74) is 0. The average Bonchev–Trinajstić information content (AvgIpc) is 2.75. The summed E-state index contributed by atoms with van der Waals surface area (Å²) in [5.74, 6) is 0.915. The van der Waals surface area contributed by atoms with Gasteiger partial charge in [0, 0.05) is 38.5 Å². The second-order valence-corrected chi connectivity index (χ2v) is 5.53. The van der Waals surface area contributed by atoms with Crippen molar-refractivity contribution in [3.8, 4) is 0 Å². The fourth-order valence-corrected chi connectivity index (χ4v) is 3.08. The van der Waals surface area contributed by atoms with Gasteiger partial charge in [-0.2, -0.15) is 0 Å². The van der Waals surface area contributed by atoms with Crippen molar-refractivity contribution in [2.75, 3.05) is 39.3 Å². The Morgan fingerprint density at radius 1 is 1.12 bits per heavy atom. The second kappa shape index (κ2) is 6.50. The molecule has 0 amide bonds. The summed E-state index contributed by atoms with van der Waals surface area (Å²) in [6, 6.07) is 0. The maximum absolute atomic E-state index is 11.6. The van der Waals surface area contributed by atoms with Crippen LogP contribution in [0.15, 0.2) is 0 Å². The molecule has 0 aromatic rings. The van der Waals surface area contributed by atoms with E-state index < -0.39 is 0 Å². The molecule has 17 heavy (non-hydrogen) atoms. The van der Waals surface area contributed by atoms with Gasteiger partial charge in [0.2, 0.25) is 0 Å². The van der Waals surface area contributed by atoms with Gasteiger partial charge in [-0.1, -0.05) is 6.92 Å². The lowest BCUT2D eigenvalue weighted by Crippen LogP contribution is -2.46. The van der Waals surface area contributed by atoms with Gasteiger partial charge in [0.15, 0.2) is 0 Å². The van der Waals surface area contributed by atoms with Crippen LogP contribution < -0.4 is 0 Å². The minimum Gasteiger partial charge on any atom is -0.301 e. The van der Waals surface area contributed by atoms with E-state index in [4.69, 9.17) is 0 Å². The molecule has 3 nitrogen and oxygen atoms in total. The highest BCUT2D eigenvalue weighted by molar-refractivity contribution is 5.82. The van der Waals surface area contributed by atoms with E-state index in [0.29, 0.717) is 11.7 Å². The maximum atomic E-state index is 11.6. The highest BCUT2D eigenvalue weighted by atomic mass is 16.1. The summed E-state index contributed by atoms with van der Waals surface area (Å²) < 4.78 is 0. The first kappa shape index (κ1) is 13.0. The van der Waals surface area contributed by atoms with Crippen molar-refractivity contribution in [2.45, 2.75) is 39.0 Å². The minimum absolute atomic E-state index is 0.392. The lowest BCUT2D eigenvalue weighted by atomic mass is 10.0. The summed E-state index contributed by atoms with van der Waals surface area (Å²) in [5, 5.41) is 0. The van der Waals surface area contributed by atoms with Gasteiger partial charge in [-0.15, -0.1) is 0 Å². The molecule has 0 spiro atoms. The number of piperazine rings is 1. The molecule has 1 saturated heterocycles. The largest absolute Gasteiger partial charge is 0.301 e. The molecule has 98 valence electrons. The number of hydrogen-bond acceptors (Lipinski definition) is 3. The Morgan fingerprint density at radius 3 is 2.29 bits per heavy atom. The average molecular weight is 238 g/mol. The van der Waals surface area contributed by atoms with Crippen LogP contribution in [0.5, 0.6) is 0 Å². The Bertz CT molecular complexity index is 247. The number of hydrogen-bond donors (Lipinski definition) is 0. The van der Waals surface area contributed by atoms with Crippen molar-refractivity contribution in [1.29, 1.82) is 0 Å². The molecule has 2 rings (SSSR count). The monoisotopic (exact) mass is 238 g/mol. The zero-order valence-electron chi connectivity index (χ0n) is 11.2. The van der Waals surface area contributed by atoms with Gasteiger partial charge in [0.25, 0.3) is 0 Å². The van der Waals surface area contributed by atoms with Gasteiger partial charge in [-0.05, 0) is 38.8 Å². The van der Waals surface area contributed by atoms with Crippen LogP contribution in [-0.4, -0.2) is 54.9 Å². The van der Waals surface area contributed by atoms with Crippen molar-refractivity contribution in [1.82, 2.24) is 9.80 Å². The Kier molecular flexibility index (Phi) is 4.99. The maximum Gasteiger partial charge on any atom is 0.136 e. The van der Waals surface area contributed by atoms with E-state index in [0.717, 1.165) is 32.2 Å². The Balaban J connectivity index is 1.63. The van der Waals surface area contributed by atoms with Crippen LogP contribution in [0.1, 0.15) is 39.0 Å². The van der Waals surface area contributed by atoms with Gasteiger partial charge >= 0.3 is 0 Å². The van der Waals surface area contributed by atoms with E-state index in [1.807, 2.05) is 0 Å². The van der Waals surface area contributed by atoms with Crippen LogP contribution in [0.25, 0.3) is 0 Å². The Labute approximate surface area is 105 Å². The number of nitrogens with zero attached hydrogens (tertiary/aromatic N) is 2. The molecule has 2 fully saturated rings. The molecule has 2 aliphatic rings. The fourth-order valence-electron chi connectivity index (χ4n) is 3.08. The topological polar surface area (TPSA) is 23.6 Å². The number of carbonyl (C=O) groups excluding carboxylic acids is 1. The lowest BCUT2D eigenvalue weighted by molar-refractivity contribution is -0.120. The third kappa shape index (κ3) is 3.78. The van der Waals surface area contributed by atoms with Crippen LogP contribution >= 0.6 is 0 Å². The molecule has 0 aromatic carbocycles. The summed E-state index contributed by atoms with van der Waals surface area (Å²) in [6.07, 6.45) is 5.49. The first-order valence-electron chi connectivity index (χ1n) is 7.27. The third-order valence-corrected chi connectivity index (χ3v) is 4.23. The first-order valence-corrected chi connectivity index (χ1v) is 7.27. The van der Waals surface area contributed by atoms with Crippen molar-refractivity contribution in [3.63, 3.8) is 0 Å². The SMILES string of the molecule is CCCN1CCN(CCC2CCCC2=O)CC1. The van der Waals surface area contributed by atoms with Crippen molar-refractivity contribution < 1.29 is 4.79 Å². The van der Waals surface area contributed by atoms with Crippen LogP contribution in [0, 0.1) is 5.92 Å². The van der Waals surface area contributed by atoms with E-state index in [1.165, 1.54) is 39.1 Å². The summed E-state index contributed by atoms with van der Waals surface area (Å²) in [6.45, 7) is 9.45. The van der Waals surface area contributed by atoms with E-state index >= 15 is 0 Å². The molecule has 1 saturated carbocycles. The molecular weight excluding hydrogens is 212 g/mol. The minimum atomic E-state index is 0.392. The zero-order valence-corrected chi connectivity index (χ0v) is 11.2. The van der Waals surface area contributed by atoms with Crippen molar-refractivity contribution in [2.24, 2.45) is 5.92 Å². The standard InChI is InChI=1S/C14H26N2O/c1-2-7-15-9-11-16(12-10-15)8-6-13-4-3-5-14(13)17/h13H,2-12H2,1H3. The predicted molar refractivity (Wildman–Crippen MR) is 70.1 cm³/mol. The Morgan fingerprint density at radius 2 is 1.76 bits per heavy atom. The van der Waals surface area contributed by atoms with Gasteiger partial charge in [0.05, 0.1) is 0 Å². The van der Waals surface area contributed by atoms with Gasteiger partial charge in [-0.3, -0.25) is 4.79 Å². The predicted octanol–water partition coefficient (Wildman–Crippen LogP) is 1.77. The fraction of sp³-hybridized carbons (Fsp3) is 0.929. The molecular formula is C14H26N2O. The highest BCUT2D eigenvalue weighted by Gasteiger charge is 2.25. The normalized spacial score (nSPS) is 27.8. The van der Waals surface area contributed by atoms with E-state index in [9.17, 15) is 4.79 Å². The highest BCUT2D eigenvalue weighted by Crippen LogP contribution is 2.24. The van der Waals surface area contributed by atoms with Crippen LogP contribution in [0.3, 0.4) is 0 Å². The third-order valence-electron chi connectivity index (χ3n) is 4.23. The number of ketones is 1. The van der Waals surface area contributed by atoms with Crippen molar-refractivity contribution in [3.05, 3.63) is 0 Å². The molecule has 0 N–H and O–H groups in total. The van der Waals surface area contributed by atoms with Crippen LogP contribution in [0.4, 0.5) is 0 Å². The van der Waals surface area contributed by atoms with E-state index in [-0.39, 0.29) is 0 Å². The van der Waals surface area contributed by atoms with Crippen LogP contribution in [0.2, 0.25) is 0 Å².